The first-order chi connectivity index (χ1) is 12.6. The van der Waals surface area contributed by atoms with Gasteiger partial charge in [-0.15, -0.1) is 0 Å². The smallest absolute Gasteiger partial charge is 0.172 e. The van der Waals surface area contributed by atoms with E-state index < -0.39 is 0 Å². The zero-order valence-corrected chi connectivity index (χ0v) is 15.3. The van der Waals surface area contributed by atoms with Gasteiger partial charge in [0, 0.05) is 17.6 Å². The topological polar surface area (TPSA) is 73.7 Å². The van der Waals surface area contributed by atoms with Gasteiger partial charge in [-0.2, -0.15) is 10.4 Å². The first kappa shape index (κ1) is 18.0. The summed E-state index contributed by atoms with van der Waals surface area (Å²) < 4.78 is 5.97. The Kier molecular flexibility index (Phi) is 5.57. The van der Waals surface area contributed by atoms with Gasteiger partial charge in [-0.05, 0) is 37.6 Å². The zero-order chi connectivity index (χ0) is 18.5. The average Bonchev–Trinajstić information content (AvgIpc) is 2.99. The number of hydrogen-bond acceptors (Lipinski definition) is 4. The zero-order valence-electron chi connectivity index (χ0n) is 14.6. The number of nitrogens with one attached hydrogen (secondary N) is 2. The molecule has 0 aliphatic heterocycles. The highest BCUT2D eigenvalue weighted by atomic mass is 35.5. The van der Waals surface area contributed by atoms with Crippen molar-refractivity contribution in [2.24, 2.45) is 0 Å². The predicted octanol–water partition coefficient (Wildman–Crippen LogP) is 4.89. The quantitative estimate of drug-likeness (QED) is 0.651. The monoisotopic (exact) mass is 366 g/mol. The van der Waals surface area contributed by atoms with Gasteiger partial charge in [0.25, 0.3) is 0 Å². The fourth-order valence-corrected chi connectivity index (χ4v) is 2.87. The second-order valence-corrected chi connectivity index (χ2v) is 6.46. The lowest BCUT2D eigenvalue weighted by Crippen LogP contribution is -2.18. The van der Waals surface area contributed by atoms with Crippen molar-refractivity contribution in [3.8, 4) is 17.6 Å². The van der Waals surface area contributed by atoms with E-state index in [-0.39, 0.29) is 6.04 Å². The van der Waals surface area contributed by atoms with E-state index in [9.17, 15) is 0 Å². The van der Waals surface area contributed by atoms with Crippen LogP contribution in [0.2, 0.25) is 5.02 Å². The molecule has 0 aliphatic rings. The number of benzene rings is 2. The summed E-state index contributed by atoms with van der Waals surface area (Å²) in [6, 6.07) is 17.4. The molecule has 2 aromatic carbocycles. The summed E-state index contributed by atoms with van der Waals surface area (Å²) >= 11 is 6.05. The maximum absolute atomic E-state index is 9.08. The third-order valence-corrected chi connectivity index (χ3v) is 4.28. The average molecular weight is 367 g/mol. The van der Waals surface area contributed by atoms with Gasteiger partial charge >= 0.3 is 0 Å². The van der Waals surface area contributed by atoms with Crippen LogP contribution in [0.25, 0.3) is 0 Å². The largest absolute Gasteiger partial charge is 0.453 e. The molecular formula is C20H19ClN4O. The second-order valence-electron chi connectivity index (χ2n) is 6.02. The van der Waals surface area contributed by atoms with Crippen LogP contribution in [0.15, 0.2) is 48.5 Å². The van der Waals surface area contributed by atoms with Crippen molar-refractivity contribution in [3.05, 3.63) is 76.1 Å². The van der Waals surface area contributed by atoms with Crippen molar-refractivity contribution in [2.45, 2.75) is 26.4 Å². The molecule has 3 aromatic rings. The van der Waals surface area contributed by atoms with Crippen molar-refractivity contribution in [3.63, 3.8) is 0 Å². The van der Waals surface area contributed by atoms with Gasteiger partial charge in [0.2, 0.25) is 0 Å². The van der Waals surface area contributed by atoms with Crippen molar-refractivity contribution in [1.29, 1.82) is 5.26 Å². The number of aromatic nitrogens is 2. The maximum Gasteiger partial charge on any atom is 0.172 e. The van der Waals surface area contributed by atoms with E-state index in [0.29, 0.717) is 28.6 Å². The molecule has 1 aromatic heterocycles. The van der Waals surface area contributed by atoms with Crippen molar-refractivity contribution < 1.29 is 4.74 Å². The number of H-pyrrole nitrogens is 1. The normalized spacial score (nSPS) is 11.8. The van der Waals surface area contributed by atoms with Gasteiger partial charge in [-0.3, -0.25) is 5.10 Å². The number of nitrogens with zero attached hydrogens (tertiary/aromatic N) is 2. The standard InChI is InChI=1S/C20H19ClN4O/c1-13(16-6-4-3-5-7-16)23-12-19-20(14(2)24-25-19)26-18-9-15(11-22)8-17(21)10-18/h3-10,13,23H,12H2,1-2H3,(H,24,25)/t13-/m0/s1. The summed E-state index contributed by atoms with van der Waals surface area (Å²) in [5.41, 5.74) is 3.24. The summed E-state index contributed by atoms with van der Waals surface area (Å²) in [6.07, 6.45) is 0. The molecule has 0 fully saturated rings. The second kappa shape index (κ2) is 8.05. The minimum Gasteiger partial charge on any atom is -0.453 e. The molecule has 0 spiro atoms. The van der Waals surface area contributed by atoms with E-state index in [1.165, 1.54) is 5.56 Å². The van der Waals surface area contributed by atoms with Crippen LogP contribution >= 0.6 is 11.6 Å². The summed E-state index contributed by atoms with van der Waals surface area (Å²) in [5.74, 6) is 1.15. The lowest BCUT2D eigenvalue weighted by atomic mass is 10.1. The molecule has 3 rings (SSSR count). The lowest BCUT2D eigenvalue weighted by molar-refractivity contribution is 0.464. The Balaban J connectivity index is 1.75. The van der Waals surface area contributed by atoms with Gasteiger partial charge in [0.15, 0.2) is 5.75 Å². The third kappa shape index (κ3) is 4.23. The number of ether oxygens (including phenoxy) is 1. The summed E-state index contributed by atoms with van der Waals surface area (Å²) in [4.78, 5) is 0. The van der Waals surface area contributed by atoms with Crippen LogP contribution < -0.4 is 10.1 Å². The fourth-order valence-electron chi connectivity index (χ4n) is 2.65. The van der Waals surface area contributed by atoms with Crippen LogP contribution in [0.5, 0.6) is 11.5 Å². The van der Waals surface area contributed by atoms with E-state index in [1.807, 2.05) is 25.1 Å². The van der Waals surface area contributed by atoms with Crippen LogP contribution in [0.4, 0.5) is 0 Å². The van der Waals surface area contributed by atoms with E-state index >= 15 is 0 Å². The predicted molar refractivity (Wildman–Crippen MR) is 101 cm³/mol. The summed E-state index contributed by atoms with van der Waals surface area (Å²) in [6.45, 7) is 4.54. The minimum atomic E-state index is 0.184. The van der Waals surface area contributed by atoms with Crippen molar-refractivity contribution in [1.82, 2.24) is 15.5 Å². The molecule has 26 heavy (non-hydrogen) atoms. The molecule has 0 unspecified atom stereocenters. The Labute approximate surface area is 157 Å². The van der Waals surface area contributed by atoms with Crippen LogP contribution in [0.1, 0.15) is 35.5 Å². The Hall–Kier alpha value is -2.81. The SMILES string of the molecule is Cc1n[nH]c(CN[C@@H](C)c2ccccc2)c1Oc1cc(Cl)cc(C#N)c1. The Morgan fingerprint density at radius 3 is 2.77 bits per heavy atom. The molecule has 5 nitrogen and oxygen atoms in total. The van der Waals surface area contributed by atoms with E-state index in [4.69, 9.17) is 21.6 Å². The van der Waals surface area contributed by atoms with Crippen molar-refractivity contribution in [2.75, 3.05) is 0 Å². The fraction of sp³-hybridized carbons (Fsp3) is 0.200. The Morgan fingerprint density at radius 2 is 2.04 bits per heavy atom. The van der Waals surface area contributed by atoms with Crippen LogP contribution in [-0.2, 0) is 6.54 Å². The highest BCUT2D eigenvalue weighted by molar-refractivity contribution is 6.30. The Morgan fingerprint density at radius 1 is 1.27 bits per heavy atom. The van der Waals surface area contributed by atoms with Crippen LogP contribution in [-0.4, -0.2) is 10.2 Å². The molecular weight excluding hydrogens is 348 g/mol. The van der Waals surface area contributed by atoms with E-state index in [2.05, 4.69) is 40.6 Å². The molecule has 0 bridgehead atoms. The number of halogens is 1. The third-order valence-electron chi connectivity index (χ3n) is 4.07. The Bertz CT molecular complexity index is 931. The number of hydrogen-bond donors (Lipinski definition) is 2. The van der Waals surface area contributed by atoms with Crippen LogP contribution in [0.3, 0.4) is 0 Å². The van der Waals surface area contributed by atoms with E-state index in [1.54, 1.807) is 18.2 Å². The number of rotatable bonds is 6. The van der Waals surface area contributed by atoms with Gasteiger partial charge in [0.1, 0.15) is 11.4 Å². The van der Waals surface area contributed by atoms with Gasteiger partial charge in [0.05, 0.1) is 17.3 Å². The first-order valence-corrected chi connectivity index (χ1v) is 8.65. The van der Waals surface area contributed by atoms with Gasteiger partial charge in [-0.1, -0.05) is 41.9 Å². The highest BCUT2D eigenvalue weighted by Crippen LogP contribution is 2.30. The minimum absolute atomic E-state index is 0.184. The molecule has 1 atom stereocenters. The maximum atomic E-state index is 9.08. The number of aryl methyl sites for hydroxylation is 1. The van der Waals surface area contributed by atoms with E-state index in [0.717, 1.165) is 11.4 Å². The molecule has 0 amide bonds. The molecule has 132 valence electrons. The van der Waals surface area contributed by atoms with Gasteiger partial charge in [-0.25, -0.2) is 0 Å². The summed E-state index contributed by atoms with van der Waals surface area (Å²) in [7, 11) is 0. The van der Waals surface area contributed by atoms with Crippen molar-refractivity contribution >= 4 is 11.6 Å². The number of nitriles is 1. The molecule has 0 saturated heterocycles. The molecule has 0 aliphatic carbocycles. The lowest BCUT2D eigenvalue weighted by Gasteiger charge is -2.14. The van der Waals surface area contributed by atoms with Crippen LogP contribution in [0, 0.1) is 18.3 Å². The highest BCUT2D eigenvalue weighted by Gasteiger charge is 2.14. The van der Waals surface area contributed by atoms with Gasteiger partial charge < -0.3 is 10.1 Å². The molecule has 0 saturated carbocycles. The molecule has 0 radical (unpaired) electrons. The summed E-state index contributed by atoms with van der Waals surface area (Å²) in [5, 5.41) is 20.2. The first-order valence-electron chi connectivity index (χ1n) is 8.27. The number of aromatic amines is 1. The molecule has 2 N–H and O–H groups in total. The molecule has 6 heteroatoms. The molecule has 1 heterocycles.